The van der Waals surface area contributed by atoms with Gasteiger partial charge in [-0.05, 0) is 42.2 Å². The van der Waals surface area contributed by atoms with Gasteiger partial charge in [0, 0.05) is 38.5 Å². The van der Waals surface area contributed by atoms with E-state index in [0.29, 0.717) is 39.0 Å². The average molecular weight is 530 g/mol. The molecule has 5 atom stereocenters. The van der Waals surface area contributed by atoms with Crippen molar-refractivity contribution in [1.82, 2.24) is 9.80 Å². The molecular weight excluding hydrogens is 494 g/mol. The van der Waals surface area contributed by atoms with E-state index in [1.807, 2.05) is 73.7 Å². The van der Waals surface area contributed by atoms with E-state index < -0.39 is 29.6 Å². The molecule has 2 aromatic carbocycles. The van der Waals surface area contributed by atoms with E-state index in [-0.39, 0.29) is 24.3 Å². The van der Waals surface area contributed by atoms with E-state index in [1.165, 1.54) is 0 Å². The Morgan fingerprint density at radius 1 is 0.949 bits per heavy atom. The Balaban J connectivity index is 1.42. The number of ether oxygens (including phenoxy) is 1. The highest BCUT2D eigenvalue weighted by molar-refractivity contribution is 6.06. The number of carbonyl (C=O) groups is 3. The predicted molar refractivity (Wildman–Crippen MR) is 148 cm³/mol. The molecule has 39 heavy (non-hydrogen) atoms. The number of anilines is 1. The number of aliphatic hydroxyl groups is 1. The highest BCUT2D eigenvalue weighted by Gasteiger charge is 2.71. The Morgan fingerprint density at radius 2 is 1.77 bits per heavy atom. The van der Waals surface area contributed by atoms with Crippen molar-refractivity contribution in [2.24, 2.45) is 11.8 Å². The molecule has 2 fully saturated rings. The van der Waals surface area contributed by atoms with E-state index >= 15 is 0 Å². The lowest BCUT2D eigenvalue weighted by molar-refractivity contribution is -0.144. The van der Waals surface area contributed by atoms with Gasteiger partial charge in [0.05, 0.1) is 17.9 Å². The number of amides is 3. The Morgan fingerprint density at radius 3 is 2.56 bits per heavy atom. The Labute approximate surface area is 228 Å². The molecule has 0 bridgehead atoms. The van der Waals surface area contributed by atoms with Crippen LogP contribution >= 0.6 is 0 Å². The van der Waals surface area contributed by atoms with Gasteiger partial charge >= 0.3 is 0 Å². The monoisotopic (exact) mass is 529 g/mol. The topological polar surface area (TPSA) is 90.4 Å². The maximum absolute atomic E-state index is 14.5. The first kappa shape index (κ1) is 25.8. The summed E-state index contributed by atoms with van der Waals surface area (Å²) in [5, 5.41) is 11.5. The lowest BCUT2D eigenvalue weighted by Gasteiger charge is -2.35. The minimum absolute atomic E-state index is 0.00872. The maximum Gasteiger partial charge on any atom is 0.253 e. The Kier molecular flexibility index (Phi) is 6.77. The van der Waals surface area contributed by atoms with Crippen LogP contribution in [0.2, 0.25) is 0 Å². The van der Waals surface area contributed by atoms with E-state index in [9.17, 15) is 19.5 Å². The van der Waals surface area contributed by atoms with E-state index in [2.05, 4.69) is 0 Å². The van der Waals surface area contributed by atoms with E-state index in [4.69, 9.17) is 4.74 Å². The molecule has 2 saturated heterocycles. The molecule has 4 aliphatic rings. The third-order valence-corrected chi connectivity index (χ3v) is 8.59. The third-order valence-electron chi connectivity index (χ3n) is 8.59. The van der Waals surface area contributed by atoms with E-state index in [0.717, 1.165) is 22.9 Å². The van der Waals surface area contributed by atoms with Gasteiger partial charge in [0.15, 0.2) is 0 Å². The second-order valence-corrected chi connectivity index (χ2v) is 10.9. The highest BCUT2D eigenvalue weighted by atomic mass is 16.5. The second-order valence-electron chi connectivity index (χ2n) is 10.9. The van der Waals surface area contributed by atoms with Crippen molar-refractivity contribution in [3.63, 3.8) is 0 Å². The van der Waals surface area contributed by atoms with Crippen LogP contribution in [0.3, 0.4) is 0 Å². The molecule has 204 valence electrons. The van der Waals surface area contributed by atoms with Gasteiger partial charge in [-0.15, -0.1) is 0 Å². The summed E-state index contributed by atoms with van der Waals surface area (Å²) in [5.41, 5.74) is -0.479. The fourth-order valence-electron chi connectivity index (χ4n) is 6.87. The minimum atomic E-state index is -1.23. The zero-order chi connectivity index (χ0) is 27.1. The number of fused-ring (bicyclic) bond motifs is 3. The first-order chi connectivity index (χ1) is 19.0. The smallest absolute Gasteiger partial charge is 0.253 e. The van der Waals surface area contributed by atoms with Gasteiger partial charge in [0.25, 0.3) is 5.91 Å². The zero-order valence-electron chi connectivity index (χ0n) is 22.2. The van der Waals surface area contributed by atoms with Crippen molar-refractivity contribution in [1.29, 1.82) is 0 Å². The van der Waals surface area contributed by atoms with Crippen LogP contribution in [0.25, 0.3) is 10.8 Å². The molecule has 0 saturated carbocycles. The van der Waals surface area contributed by atoms with Gasteiger partial charge in [0.1, 0.15) is 11.6 Å². The normalized spacial score (nSPS) is 30.0. The number of carbonyl (C=O) groups excluding carboxylic acids is 3. The summed E-state index contributed by atoms with van der Waals surface area (Å²) >= 11 is 0. The van der Waals surface area contributed by atoms with E-state index in [1.54, 1.807) is 14.7 Å². The molecule has 0 aliphatic carbocycles. The lowest BCUT2D eigenvalue weighted by atomic mass is 9.77. The number of unbranched alkanes of at least 4 members (excludes halogenated alkanes) is 1. The highest BCUT2D eigenvalue weighted by Crippen LogP contribution is 2.53. The molecule has 8 heteroatoms. The van der Waals surface area contributed by atoms with Gasteiger partial charge in [0.2, 0.25) is 11.8 Å². The Bertz CT molecular complexity index is 1350. The first-order valence-corrected chi connectivity index (χ1v) is 14.0. The van der Waals surface area contributed by atoms with Gasteiger partial charge in [-0.3, -0.25) is 14.4 Å². The summed E-state index contributed by atoms with van der Waals surface area (Å²) < 4.78 is 6.69. The van der Waals surface area contributed by atoms with Crippen LogP contribution in [0, 0.1) is 11.8 Å². The van der Waals surface area contributed by atoms with Crippen molar-refractivity contribution in [3.05, 3.63) is 66.8 Å². The van der Waals surface area contributed by atoms with Crippen LogP contribution in [0.5, 0.6) is 0 Å². The molecule has 6 rings (SSSR count). The van der Waals surface area contributed by atoms with Crippen molar-refractivity contribution in [2.75, 3.05) is 37.7 Å². The van der Waals surface area contributed by atoms with Crippen molar-refractivity contribution in [3.8, 4) is 0 Å². The van der Waals surface area contributed by atoms with Gasteiger partial charge in [-0.1, -0.05) is 61.6 Å². The van der Waals surface area contributed by atoms with Gasteiger partial charge in [-0.2, -0.15) is 0 Å². The second kappa shape index (κ2) is 10.2. The largest absolute Gasteiger partial charge is 0.396 e. The quantitative estimate of drug-likeness (QED) is 0.440. The molecule has 1 unspecified atom stereocenters. The summed E-state index contributed by atoms with van der Waals surface area (Å²) in [5.74, 6) is -1.99. The fourth-order valence-corrected chi connectivity index (χ4v) is 6.87. The SMILES string of the molecule is CCCN1CC=C[C@@H]2O[C@]34C=CCN(c5ccc6ccccc6c5)C(=O)C3N(CCCCO)C(=O)[C@@H]4[C@@H]2C1=O. The lowest BCUT2D eigenvalue weighted by Crippen LogP contribution is -2.55. The number of nitrogens with zero attached hydrogens (tertiary/aromatic N) is 3. The van der Waals surface area contributed by atoms with Gasteiger partial charge < -0.3 is 24.5 Å². The Hall–Kier alpha value is -3.49. The molecule has 3 amide bonds. The van der Waals surface area contributed by atoms with Crippen LogP contribution in [0.15, 0.2) is 66.8 Å². The number of rotatable bonds is 7. The summed E-state index contributed by atoms with van der Waals surface area (Å²) in [7, 11) is 0. The van der Waals surface area contributed by atoms with Crippen LogP contribution in [-0.4, -0.2) is 83.2 Å². The van der Waals surface area contributed by atoms with Crippen molar-refractivity contribution < 1.29 is 24.2 Å². The number of likely N-dealkylation sites (tertiary alicyclic amines) is 1. The summed E-state index contributed by atoms with van der Waals surface area (Å²) in [6, 6.07) is 13.0. The number of hydrogen-bond donors (Lipinski definition) is 1. The van der Waals surface area contributed by atoms with Crippen LogP contribution in [0.4, 0.5) is 5.69 Å². The molecule has 4 heterocycles. The molecule has 2 aromatic rings. The molecular formula is C31H35N3O5. The molecule has 8 nitrogen and oxygen atoms in total. The van der Waals surface area contributed by atoms with Crippen LogP contribution < -0.4 is 4.90 Å². The van der Waals surface area contributed by atoms with Gasteiger partial charge in [-0.25, -0.2) is 0 Å². The molecule has 1 spiro atoms. The fraction of sp³-hybridized carbons (Fsp3) is 0.452. The average Bonchev–Trinajstić information content (AvgIpc) is 3.25. The molecule has 1 N–H and O–H groups in total. The predicted octanol–water partition coefficient (Wildman–Crippen LogP) is 2.90. The van der Waals surface area contributed by atoms with Crippen molar-refractivity contribution >= 4 is 34.2 Å². The number of hydrogen-bond acceptors (Lipinski definition) is 5. The minimum Gasteiger partial charge on any atom is -0.396 e. The third kappa shape index (κ3) is 4.08. The maximum atomic E-state index is 14.5. The van der Waals surface area contributed by atoms with Crippen LogP contribution in [-0.2, 0) is 19.1 Å². The first-order valence-electron chi connectivity index (χ1n) is 14.0. The summed E-state index contributed by atoms with van der Waals surface area (Å²) in [6.07, 6.45) is 8.95. The molecule has 4 aliphatic heterocycles. The number of aliphatic hydroxyl groups excluding tert-OH is 1. The molecule has 0 radical (unpaired) electrons. The zero-order valence-corrected chi connectivity index (χ0v) is 22.2. The van der Waals surface area contributed by atoms with Crippen molar-refractivity contribution in [2.45, 2.75) is 43.9 Å². The molecule has 0 aromatic heterocycles. The van der Waals surface area contributed by atoms with Crippen LogP contribution in [0.1, 0.15) is 26.2 Å². The summed E-state index contributed by atoms with van der Waals surface area (Å²) in [4.78, 5) is 47.6. The number of benzene rings is 2. The standard InChI is InChI=1S/C31H35N3O5/c1-2-15-32-16-7-11-24-25(28(32)36)26-29(37)34(17-5-6-19-35)27-30(38)33(18-8-14-31(26,27)39-24)23-13-12-21-9-3-4-10-22(21)20-23/h3-4,7-14,20,24-27,35H,2,5-6,15-19H2,1H3/t24-,25+,26-,27?,31-/m0/s1. The summed E-state index contributed by atoms with van der Waals surface area (Å²) in [6.45, 7) is 3.79.